The molecule has 0 aliphatic carbocycles. The molecule has 1 saturated heterocycles. The van der Waals surface area contributed by atoms with E-state index in [1.165, 1.54) is 10.7 Å². The molecule has 0 bridgehead atoms. The van der Waals surface area contributed by atoms with E-state index in [0.717, 1.165) is 48.4 Å². The van der Waals surface area contributed by atoms with Crippen LogP contribution in [0.25, 0.3) is 5.57 Å². The van der Waals surface area contributed by atoms with Gasteiger partial charge in [0.2, 0.25) is 0 Å². The van der Waals surface area contributed by atoms with Crippen molar-refractivity contribution in [1.82, 2.24) is 10.4 Å². The van der Waals surface area contributed by atoms with E-state index in [2.05, 4.69) is 40.8 Å². The summed E-state index contributed by atoms with van der Waals surface area (Å²) in [4.78, 5) is 0. The van der Waals surface area contributed by atoms with E-state index < -0.39 is 0 Å². The van der Waals surface area contributed by atoms with Gasteiger partial charge < -0.3 is 15.8 Å². The Bertz CT molecular complexity index is 880. The first-order valence-corrected chi connectivity index (χ1v) is 10.2. The minimum atomic E-state index is -0.240. The molecule has 0 amide bonds. The molecule has 154 valence electrons. The molecule has 0 atom stereocenters. The van der Waals surface area contributed by atoms with E-state index in [1.807, 2.05) is 38.1 Å². The molecular weight excluding hydrogens is 362 g/mol. The number of hydrogen-bond acceptors (Lipinski definition) is 5. The van der Waals surface area contributed by atoms with E-state index in [1.54, 1.807) is 7.05 Å². The lowest BCUT2D eigenvalue weighted by molar-refractivity contribution is 0.0817. The quantitative estimate of drug-likeness (QED) is 0.323. The summed E-state index contributed by atoms with van der Waals surface area (Å²) < 4.78 is 6.44. The Kier molecular flexibility index (Phi) is 6.56. The average molecular weight is 394 g/mol. The zero-order valence-electron chi connectivity index (χ0n) is 17.5. The van der Waals surface area contributed by atoms with Crippen LogP contribution in [0.4, 0.5) is 0 Å². The van der Waals surface area contributed by atoms with Crippen molar-refractivity contribution in [3.05, 3.63) is 71.3 Å². The maximum atomic E-state index is 6.44. The van der Waals surface area contributed by atoms with Gasteiger partial charge in [0.25, 0.3) is 0 Å². The second-order valence-corrected chi connectivity index (χ2v) is 7.11. The van der Waals surface area contributed by atoms with Gasteiger partial charge in [0, 0.05) is 31.0 Å². The van der Waals surface area contributed by atoms with E-state index in [0.29, 0.717) is 5.84 Å². The highest BCUT2D eigenvalue weighted by Gasteiger charge is 2.36. The number of piperidine rings is 1. The second-order valence-electron chi connectivity index (χ2n) is 7.11. The van der Waals surface area contributed by atoms with Crippen molar-refractivity contribution in [1.29, 1.82) is 0 Å². The van der Waals surface area contributed by atoms with E-state index in [4.69, 9.17) is 16.3 Å². The number of amidine groups is 1. The zero-order valence-corrected chi connectivity index (χ0v) is 17.5. The molecule has 1 spiro atoms. The first kappa shape index (κ1) is 20.9. The van der Waals surface area contributed by atoms with Gasteiger partial charge in [-0.05, 0) is 36.4 Å². The molecular formula is C23H31N5O. The third kappa shape index (κ3) is 4.60. The Morgan fingerprint density at radius 3 is 2.38 bits per heavy atom. The highest BCUT2D eigenvalue weighted by atomic mass is 16.5. The Morgan fingerprint density at radius 1 is 1.07 bits per heavy atom. The standard InChI is InChI=1S/C21H25N5O.C2H6/c1-26(23)25-20(22)16-8-6-15(7-9-16)18-14-21(10-12-24-13-11-21)27-19-5-3-2-4-17(18)19;1-2/h2-9,14,24H,10-13,23H2,1H3,(H2,22,25);1-2H3. The van der Waals surface area contributed by atoms with E-state index >= 15 is 0 Å². The van der Waals surface area contributed by atoms with Crippen LogP contribution in [0.15, 0.2) is 59.7 Å². The van der Waals surface area contributed by atoms with E-state index in [-0.39, 0.29) is 5.60 Å². The summed E-state index contributed by atoms with van der Waals surface area (Å²) in [6, 6.07) is 16.4. The number of ether oxygens (including phenoxy) is 1. The Hall–Kier alpha value is -2.83. The van der Waals surface area contributed by atoms with Gasteiger partial charge in [0.05, 0.1) is 0 Å². The third-order valence-corrected chi connectivity index (χ3v) is 5.10. The highest BCUT2D eigenvalue weighted by molar-refractivity contribution is 5.97. The molecule has 2 heterocycles. The van der Waals surface area contributed by atoms with Gasteiger partial charge >= 0.3 is 0 Å². The van der Waals surface area contributed by atoms with Gasteiger partial charge in [0.1, 0.15) is 11.4 Å². The van der Waals surface area contributed by atoms with Crippen LogP contribution in [0.1, 0.15) is 43.4 Å². The number of nitrogens with two attached hydrogens (primary N) is 2. The van der Waals surface area contributed by atoms with E-state index in [9.17, 15) is 0 Å². The summed E-state index contributed by atoms with van der Waals surface area (Å²) >= 11 is 0. The highest BCUT2D eigenvalue weighted by Crippen LogP contribution is 2.42. The summed E-state index contributed by atoms with van der Waals surface area (Å²) in [5.74, 6) is 6.89. The number of hydrogen-bond donors (Lipinski definition) is 3. The first-order valence-electron chi connectivity index (χ1n) is 10.2. The lowest BCUT2D eigenvalue weighted by atomic mass is 9.83. The van der Waals surface area contributed by atoms with Crippen LogP contribution in [0, 0.1) is 0 Å². The molecule has 6 nitrogen and oxygen atoms in total. The van der Waals surface area contributed by atoms with Gasteiger partial charge in [0.15, 0.2) is 5.84 Å². The van der Waals surface area contributed by atoms with Crippen molar-refractivity contribution in [2.45, 2.75) is 32.3 Å². The molecule has 1 fully saturated rings. The predicted molar refractivity (Wildman–Crippen MR) is 119 cm³/mol. The SMILES string of the molecule is CC.CN(N)/N=C(\N)c1ccc(C2=CC3(CCNCC3)Oc3ccccc32)cc1. The first-order chi connectivity index (χ1) is 14.1. The molecule has 0 aromatic heterocycles. The number of hydrazine groups is 1. The number of nitrogens with zero attached hydrogens (tertiary/aromatic N) is 2. The molecule has 0 saturated carbocycles. The minimum Gasteiger partial charge on any atom is -0.482 e. The summed E-state index contributed by atoms with van der Waals surface area (Å²) in [7, 11) is 1.64. The number of benzene rings is 2. The Morgan fingerprint density at radius 2 is 1.72 bits per heavy atom. The van der Waals surface area contributed by atoms with Crippen LogP contribution >= 0.6 is 0 Å². The number of nitrogens with one attached hydrogen (secondary N) is 1. The maximum absolute atomic E-state index is 6.44. The fourth-order valence-corrected chi connectivity index (χ4v) is 3.75. The number of fused-ring (bicyclic) bond motifs is 1. The second kappa shape index (κ2) is 9.11. The van der Waals surface area contributed by atoms with Gasteiger partial charge in [-0.3, -0.25) is 0 Å². The van der Waals surface area contributed by atoms with Crippen LogP contribution in [0.2, 0.25) is 0 Å². The zero-order chi connectivity index (χ0) is 20.9. The normalized spacial score (nSPS) is 17.4. The molecule has 2 aromatic carbocycles. The van der Waals surface area contributed by atoms with Crippen molar-refractivity contribution in [3.63, 3.8) is 0 Å². The molecule has 5 N–H and O–H groups in total. The predicted octanol–water partition coefficient (Wildman–Crippen LogP) is 3.08. The lowest BCUT2D eigenvalue weighted by Crippen LogP contribution is -2.46. The Labute approximate surface area is 173 Å². The lowest BCUT2D eigenvalue weighted by Gasteiger charge is -2.40. The Balaban J connectivity index is 0.00000117. The molecule has 2 aromatic rings. The average Bonchev–Trinajstić information content (AvgIpc) is 2.75. The summed E-state index contributed by atoms with van der Waals surface area (Å²) in [6.07, 6.45) is 4.23. The van der Waals surface area contributed by atoms with Gasteiger partial charge in [-0.2, -0.15) is 0 Å². The number of para-hydroxylation sites is 1. The number of hydrazone groups is 1. The van der Waals surface area contributed by atoms with Crippen molar-refractivity contribution in [2.75, 3.05) is 20.1 Å². The van der Waals surface area contributed by atoms with Crippen LogP contribution < -0.4 is 21.6 Å². The van der Waals surface area contributed by atoms with Crippen molar-refractivity contribution >= 4 is 11.4 Å². The molecule has 29 heavy (non-hydrogen) atoms. The number of rotatable bonds is 3. The van der Waals surface area contributed by atoms with Gasteiger partial charge in [-0.25, -0.2) is 11.0 Å². The summed E-state index contributed by atoms with van der Waals surface area (Å²) in [5, 5.41) is 8.69. The van der Waals surface area contributed by atoms with Crippen LogP contribution in [0.3, 0.4) is 0 Å². The monoisotopic (exact) mass is 393 g/mol. The fourth-order valence-electron chi connectivity index (χ4n) is 3.75. The molecule has 2 aliphatic heterocycles. The fraction of sp³-hybridized carbons (Fsp3) is 0.348. The van der Waals surface area contributed by atoms with Crippen molar-refractivity contribution in [2.24, 2.45) is 16.7 Å². The third-order valence-electron chi connectivity index (χ3n) is 5.10. The summed E-state index contributed by atoms with van der Waals surface area (Å²) in [5.41, 5.74) is 10.1. The van der Waals surface area contributed by atoms with Crippen LogP contribution in [-0.4, -0.2) is 36.7 Å². The molecule has 2 aliphatic rings. The maximum Gasteiger partial charge on any atom is 0.152 e. The van der Waals surface area contributed by atoms with Gasteiger partial charge in [-0.1, -0.05) is 56.3 Å². The summed E-state index contributed by atoms with van der Waals surface area (Å²) in [6.45, 7) is 5.93. The topological polar surface area (TPSA) is 88.9 Å². The van der Waals surface area contributed by atoms with Crippen LogP contribution in [0.5, 0.6) is 5.75 Å². The minimum absolute atomic E-state index is 0.240. The molecule has 4 rings (SSSR count). The smallest absolute Gasteiger partial charge is 0.152 e. The van der Waals surface area contributed by atoms with Crippen molar-refractivity contribution < 1.29 is 4.74 Å². The van der Waals surface area contributed by atoms with Crippen LogP contribution in [-0.2, 0) is 0 Å². The largest absolute Gasteiger partial charge is 0.482 e. The van der Waals surface area contributed by atoms with Gasteiger partial charge in [-0.15, -0.1) is 5.10 Å². The molecule has 0 unspecified atom stereocenters. The van der Waals surface area contributed by atoms with Crippen molar-refractivity contribution in [3.8, 4) is 5.75 Å². The molecule has 6 heteroatoms. The molecule has 0 radical (unpaired) electrons.